The van der Waals surface area contributed by atoms with Gasteiger partial charge in [0.2, 0.25) is 0 Å². The largest absolute Gasteiger partial charge is 0.311 e. The van der Waals surface area contributed by atoms with Crippen molar-refractivity contribution in [1.82, 2.24) is 5.32 Å². The van der Waals surface area contributed by atoms with E-state index in [2.05, 4.69) is 5.32 Å². The van der Waals surface area contributed by atoms with Crippen LogP contribution in [0, 0.1) is 6.58 Å². The Hall–Kier alpha value is -0.300. The van der Waals surface area contributed by atoms with Gasteiger partial charge in [0.1, 0.15) is 0 Å². The van der Waals surface area contributed by atoms with Crippen molar-refractivity contribution in [2.45, 2.75) is 25.3 Å². The Morgan fingerprint density at radius 3 is 2.75 bits per heavy atom. The predicted octanol–water partition coefficient (Wildman–Crippen LogP) is 1.12. The summed E-state index contributed by atoms with van der Waals surface area (Å²) < 4.78 is 0. The SMILES string of the molecule is [CH]=CC1CCCCN1. The summed E-state index contributed by atoms with van der Waals surface area (Å²) in [5.41, 5.74) is 0. The van der Waals surface area contributed by atoms with Gasteiger partial charge < -0.3 is 5.32 Å². The molecule has 0 saturated carbocycles. The molecule has 1 fully saturated rings. The van der Waals surface area contributed by atoms with E-state index in [1.54, 1.807) is 6.08 Å². The zero-order chi connectivity index (χ0) is 5.82. The van der Waals surface area contributed by atoms with Crippen molar-refractivity contribution < 1.29 is 0 Å². The fourth-order valence-corrected chi connectivity index (χ4v) is 1.04. The lowest BCUT2D eigenvalue weighted by atomic mass is 10.1. The summed E-state index contributed by atoms with van der Waals surface area (Å²) in [4.78, 5) is 0. The van der Waals surface area contributed by atoms with Crippen LogP contribution in [0.15, 0.2) is 6.08 Å². The number of hydrogen-bond donors (Lipinski definition) is 1. The highest BCUT2D eigenvalue weighted by Gasteiger charge is 2.06. The van der Waals surface area contributed by atoms with Crippen LogP contribution in [0.1, 0.15) is 19.3 Å². The Morgan fingerprint density at radius 2 is 2.38 bits per heavy atom. The molecule has 1 rings (SSSR count). The smallest absolute Gasteiger partial charge is 0.0253 e. The van der Waals surface area contributed by atoms with Gasteiger partial charge in [-0.1, -0.05) is 19.1 Å². The molecule has 1 aliphatic rings. The monoisotopic (exact) mass is 110 g/mol. The molecule has 8 heavy (non-hydrogen) atoms. The van der Waals surface area contributed by atoms with Gasteiger partial charge in [0.25, 0.3) is 0 Å². The highest BCUT2D eigenvalue weighted by atomic mass is 14.9. The summed E-state index contributed by atoms with van der Waals surface area (Å²) in [6, 6.07) is 0.490. The molecule has 0 aromatic carbocycles. The second-order valence-electron chi connectivity index (χ2n) is 2.25. The molecule has 1 saturated heterocycles. The Balaban J connectivity index is 2.22. The first-order valence-corrected chi connectivity index (χ1v) is 3.22. The van der Waals surface area contributed by atoms with E-state index >= 15 is 0 Å². The van der Waals surface area contributed by atoms with Crippen molar-refractivity contribution in [3.8, 4) is 0 Å². The van der Waals surface area contributed by atoms with Crippen molar-refractivity contribution in [2.75, 3.05) is 6.54 Å². The van der Waals surface area contributed by atoms with Gasteiger partial charge in [0.05, 0.1) is 0 Å². The van der Waals surface area contributed by atoms with Crippen molar-refractivity contribution in [3.63, 3.8) is 0 Å². The maximum atomic E-state index is 5.32. The molecule has 1 nitrogen and oxygen atoms in total. The lowest BCUT2D eigenvalue weighted by molar-refractivity contribution is 0.454. The molecule has 0 aromatic rings. The van der Waals surface area contributed by atoms with Crippen LogP contribution in [-0.4, -0.2) is 12.6 Å². The van der Waals surface area contributed by atoms with Gasteiger partial charge in [0.15, 0.2) is 0 Å². The molecule has 1 aliphatic heterocycles. The summed E-state index contributed by atoms with van der Waals surface area (Å²) in [5, 5.41) is 3.29. The van der Waals surface area contributed by atoms with Gasteiger partial charge >= 0.3 is 0 Å². The molecular weight excluding hydrogens is 98.1 g/mol. The summed E-state index contributed by atoms with van der Waals surface area (Å²) in [6.07, 6.45) is 5.60. The number of rotatable bonds is 1. The predicted molar refractivity (Wildman–Crippen MR) is 34.5 cm³/mol. The second-order valence-corrected chi connectivity index (χ2v) is 2.25. The second kappa shape index (κ2) is 2.88. The van der Waals surface area contributed by atoms with Gasteiger partial charge in [-0.2, -0.15) is 0 Å². The first-order valence-electron chi connectivity index (χ1n) is 3.22. The zero-order valence-electron chi connectivity index (χ0n) is 5.06. The lowest BCUT2D eigenvalue weighted by Gasteiger charge is -2.19. The first-order chi connectivity index (χ1) is 3.93. The Labute approximate surface area is 50.8 Å². The quantitative estimate of drug-likeness (QED) is 0.533. The first kappa shape index (κ1) is 5.83. The van der Waals surface area contributed by atoms with E-state index in [4.69, 9.17) is 6.58 Å². The molecule has 1 unspecified atom stereocenters. The average Bonchev–Trinajstić information content (AvgIpc) is 1.90. The Bertz CT molecular complexity index is 72.5. The van der Waals surface area contributed by atoms with Gasteiger partial charge in [-0.15, -0.1) is 0 Å². The molecule has 45 valence electrons. The van der Waals surface area contributed by atoms with E-state index in [9.17, 15) is 0 Å². The summed E-state index contributed by atoms with van der Waals surface area (Å²) >= 11 is 0. The fraction of sp³-hybridized carbons (Fsp3) is 0.714. The van der Waals surface area contributed by atoms with E-state index in [1.165, 1.54) is 19.3 Å². The topological polar surface area (TPSA) is 12.0 Å². The van der Waals surface area contributed by atoms with Crippen LogP contribution >= 0.6 is 0 Å². The number of nitrogens with one attached hydrogen (secondary N) is 1. The maximum absolute atomic E-state index is 5.32. The van der Waals surface area contributed by atoms with Crippen LogP contribution in [-0.2, 0) is 0 Å². The zero-order valence-corrected chi connectivity index (χ0v) is 5.06. The van der Waals surface area contributed by atoms with Gasteiger partial charge in [-0.3, -0.25) is 0 Å². The van der Waals surface area contributed by atoms with E-state index < -0.39 is 0 Å². The van der Waals surface area contributed by atoms with E-state index in [1.807, 2.05) is 0 Å². The van der Waals surface area contributed by atoms with Crippen LogP contribution in [0.2, 0.25) is 0 Å². The third kappa shape index (κ3) is 1.34. The van der Waals surface area contributed by atoms with Crippen molar-refractivity contribution in [1.29, 1.82) is 0 Å². The van der Waals surface area contributed by atoms with Gasteiger partial charge in [0, 0.05) is 6.04 Å². The highest BCUT2D eigenvalue weighted by Crippen LogP contribution is 2.06. The van der Waals surface area contributed by atoms with Crippen molar-refractivity contribution in [3.05, 3.63) is 12.7 Å². The van der Waals surface area contributed by atoms with Crippen LogP contribution < -0.4 is 5.32 Å². The lowest BCUT2D eigenvalue weighted by Crippen LogP contribution is -2.31. The third-order valence-corrected chi connectivity index (χ3v) is 1.58. The van der Waals surface area contributed by atoms with Gasteiger partial charge in [-0.05, 0) is 19.4 Å². The number of hydrogen-bond acceptors (Lipinski definition) is 1. The Kier molecular flexibility index (Phi) is 2.10. The Morgan fingerprint density at radius 1 is 1.50 bits per heavy atom. The minimum absolute atomic E-state index is 0.490. The molecule has 1 heteroatoms. The van der Waals surface area contributed by atoms with Crippen LogP contribution in [0.5, 0.6) is 0 Å². The molecule has 0 amide bonds. The van der Waals surface area contributed by atoms with E-state index in [-0.39, 0.29) is 0 Å². The van der Waals surface area contributed by atoms with Crippen LogP contribution in [0.3, 0.4) is 0 Å². The minimum Gasteiger partial charge on any atom is -0.311 e. The molecule has 0 bridgehead atoms. The summed E-state index contributed by atoms with van der Waals surface area (Å²) in [5.74, 6) is 0. The molecule has 1 heterocycles. The van der Waals surface area contributed by atoms with Crippen LogP contribution in [0.25, 0.3) is 0 Å². The standard InChI is InChI=1S/C7H12N/c1-2-7-5-3-4-6-8-7/h1-2,7-8H,3-6H2. The average molecular weight is 110 g/mol. The third-order valence-electron chi connectivity index (χ3n) is 1.58. The summed E-state index contributed by atoms with van der Waals surface area (Å²) in [6.45, 7) is 6.45. The van der Waals surface area contributed by atoms with Crippen molar-refractivity contribution >= 4 is 0 Å². The molecule has 0 aromatic heterocycles. The van der Waals surface area contributed by atoms with E-state index in [0.717, 1.165) is 6.54 Å². The molecule has 1 N–H and O–H groups in total. The highest BCUT2D eigenvalue weighted by molar-refractivity contribution is 4.85. The number of piperidine rings is 1. The molecule has 1 atom stereocenters. The minimum atomic E-state index is 0.490. The molecule has 0 spiro atoms. The van der Waals surface area contributed by atoms with Crippen LogP contribution in [0.4, 0.5) is 0 Å². The van der Waals surface area contributed by atoms with Gasteiger partial charge in [-0.25, -0.2) is 0 Å². The maximum Gasteiger partial charge on any atom is 0.0253 e. The fourth-order valence-electron chi connectivity index (χ4n) is 1.04. The van der Waals surface area contributed by atoms with E-state index in [0.29, 0.717) is 6.04 Å². The molecular formula is C7H12N. The molecule has 1 radical (unpaired) electrons. The summed E-state index contributed by atoms with van der Waals surface area (Å²) in [7, 11) is 0. The molecule has 0 aliphatic carbocycles. The van der Waals surface area contributed by atoms with Crippen molar-refractivity contribution in [2.24, 2.45) is 0 Å². The normalized spacial score (nSPS) is 29.8.